The Labute approximate surface area is 209 Å². The molecule has 0 bridgehead atoms. The third-order valence-corrected chi connectivity index (χ3v) is 10.2. The van der Waals surface area contributed by atoms with Crippen LogP contribution in [-0.4, -0.2) is 28.2 Å². The molecule has 0 amide bonds. The fraction of sp³-hybridized carbons (Fsp3) is 1.00. The molecule has 202 valence electrons. The fourth-order valence-corrected chi connectivity index (χ4v) is 8.02. The summed E-state index contributed by atoms with van der Waals surface area (Å²) in [5, 5.41) is 0. The molecule has 2 N–H and O–H groups in total. The van der Waals surface area contributed by atoms with Crippen LogP contribution >= 0.6 is 7.28 Å². The molecule has 0 aliphatic carbocycles. The van der Waals surface area contributed by atoms with Gasteiger partial charge in [-0.05, 0) is 0 Å². The second-order valence-corrected chi connectivity index (χ2v) is 14.7. The normalized spacial score (nSPS) is 13.5. The molecular formula is C29H63O3P. The first-order valence-corrected chi connectivity index (χ1v) is 17.4. The van der Waals surface area contributed by atoms with Crippen LogP contribution in [0.2, 0.25) is 0 Å². The quantitative estimate of drug-likeness (QED) is 0.0936. The van der Waals surface area contributed by atoms with Crippen molar-refractivity contribution in [2.45, 2.75) is 175 Å². The molecule has 0 atom stereocenters. The van der Waals surface area contributed by atoms with Gasteiger partial charge in [-0.3, -0.25) is 0 Å². The molecule has 0 aromatic rings. The van der Waals surface area contributed by atoms with Crippen molar-refractivity contribution >= 4 is 7.28 Å². The van der Waals surface area contributed by atoms with E-state index in [0.29, 0.717) is 12.3 Å². The Kier molecular flexibility index (Phi) is 21.8. The number of hydrogen-bond donors (Lipinski definition) is 2. The molecule has 0 spiro atoms. The second-order valence-electron chi connectivity index (χ2n) is 11.0. The summed E-state index contributed by atoms with van der Waals surface area (Å²) in [6.07, 6.45) is 28.8. The standard InChI is InChI=1S/C29H63O3P/c1-5-7-9-11-13-15-17-19-21-23-25-27-33(30,31,32-29(3)4)28-26-24-22-20-18-16-14-12-10-8-6-2/h29-31H,5-28H2,1-4H3. The average Bonchev–Trinajstić information content (AvgIpc) is 2.75. The Morgan fingerprint density at radius 1 is 0.455 bits per heavy atom. The molecular weight excluding hydrogens is 427 g/mol. The van der Waals surface area contributed by atoms with Gasteiger partial charge in [0.25, 0.3) is 0 Å². The van der Waals surface area contributed by atoms with Gasteiger partial charge in [0.05, 0.1) is 0 Å². The van der Waals surface area contributed by atoms with Crippen LogP contribution in [0.4, 0.5) is 0 Å². The van der Waals surface area contributed by atoms with Gasteiger partial charge in [0, 0.05) is 0 Å². The van der Waals surface area contributed by atoms with Gasteiger partial charge in [0.15, 0.2) is 0 Å². The van der Waals surface area contributed by atoms with E-state index in [9.17, 15) is 9.79 Å². The minimum atomic E-state index is -3.98. The zero-order valence-electron chi connectivity index (χ0n) is 23.3. The maximum absolute atomic E-state index is 11.2. The van der Waals surface area contributed by atoms with E-state index in [4.69, 9.17) is 4.52 Å². The molecule has 33 heavy (non-hydrogen) atoms. The van der Waals surface area contributed by atoms with E-state index in [-0.39, 0.29) is 6.10 Å². The summed E-state index contributed by atoms with van der Waals surface area (Å²) in [7, 11) is -3.98. The molecule has 0 heterocycles. The number of hydrogen-bond acceptors (Lipinski definition) is 3. The summed E-state index contributed by atoms with van der Waals surface area (Å²) in [5.74, 6) is 0. The number of rotatable bonds is 26. The van der Waals surface area contributed by atoms with Gasteiger partial charge < -0.3 is 0 Å². The van der Waals surface area contributed by atoms with E-state index in [0.717, 1.165) is 25.7 Å². The van der Waals surface area contributed by atoms with Crippen molar-refractivity contribution in [1.29, 1.82) is 0 Å². The van der Waals surface area contributed by atoms with Crippen LogP contribution in [0.1, 0.15) is 169 Å². The van der Waals surface area contributed by atoms with Gasteiger partial charge >= 0.3 is 195 Å². The summed E-state index contributed by atoms with van der Waals surface area (Å²) in [6.45, 7) is 8.39. The molecule has 0 aliphatic heterocycles. The van der Waals surface area contributed by atoms with Crippen molar-refractivity contribution in [3.05, 3.63) is 0 Å². The summed E-state index contributed by atoms with van der Waals surface area (Å²) >= 11 is 0. The minimum absolute atomic E-state index is 0.127. The molecule has 0 saturated carbocycles. The van der Waals surface area contributed by atoms with Crippen LogP contribution < -0.4 is 0 Å². The first kappa shape index (κ1) is 33.3. The average molecular weight is 491 g/mol. The Morgan fingerprint density at radius 2 is 0.697 bits per heavy atom. The Bertz CT molecular complexity index is 382. The van der Waals surface area contributed by atoms with Gasteiger partial charge in [-0.2, -0.15) is 0 Å². The van der Waals surface area contributed by atoms with Gasteiger partial charge in [-0.1, -0.05) is 13.8 Å². The van der Waals surface area contributed by atoms with E-state index in [1.807, 2.05) is 13.8 Å². The molecule has 0 radical (unpaired) electrons. The first-order valence-electron chi connectivity index (χ1n) is 15.0. The zero-order chi connectivity index (χ0) is 24.7. The molecule has 0 aliphatic rings. The number of unbranched alkanes of at least 4 members (excludes halogenated alkanes) is 20. The first-order chi connectivity index (χ1) is 15.8. The monoisotopic (exact) mass is 490 g/mol. The molecule has 4 heteroatoms. The van der Waals surface area contributed by atoms with Crippen molar-refractivity contribution < 1.29 is 14.3 Å². The van der Waals surface area contributed by atoms with Crippen molar-refractivity contribution in [2.24, 2.45) is 0 Å². The zero-order valence-corrected chi connectivity index (χ0v) is 24.2. The van der Waals surface area contributed by atoms with Crippen LogP contribution in [0.3, 0.4) is 0 Å². The predicted molar refractivity (Wildman–Crippen MR) is 150 cm³/mol. The Balaban J connectivity index is 3.91. The molecule has 0 unspecified atom stereocenters. The van der Waals surface area contributed by atoms with E-state index >= 15 is 0 Å². The molecule has 0 rings (SSSR count). The molecule has 0 saturated heterocycles. The molecule has 3 nitrogen and oxygen atoms in total. The third-order valence-electron chi connectivity index (χ3n) is 6.88. The van der Waals surface area contributed by atoms with Crippen LogP contribution in [-0.2, 0) is 4.52 Å². The van der Waals surface area contributed by atoms with Gasteiger partial charge in [0.1, 0.15) is 0 Å². The van der Waals surface area contributed by atoms with Crippen molar-refractivity contribution in [3.8, 4) is 0 Å². The van der Waals surface area contributed by atoms with Crippen LogP contribution in [0, 0.1) is 0 Å². The topological polar surface area (TPSA) is 49.7 Å². The van der Waals surface area contributed by atoms with E-state index < -0.39 is 7.28 Å². The van der Waals surface area contributed by atoms with Gasteiger partial charge in [0.2, 0.25) is 0 Å². The molecule has 0 fully saturated rings. The molecule has 0 aromatic carbocycles. The summed E-state index contributed by atoms with van der Waals surface area (Å²) in [4.78, 5) is 22.4. The molecule has 0 aromatic heterocycles. The van der Waals surface area contributed by atoms with Gasteiger partial charge in [-0.25, -0.2) is 0 Å². The Hall–Kier alpha value is 0.310. The van der Waals surface area contributed by atoms with Crippen molar-refractivity contribution in [2.75, 3.05) is 12.3 Å². The van der Waals surface area contributed by atoms with Crippen molar-refractivity contribution in [3.63, 3.8) is 0 Å². The van der Waals surface area contributed by atoms with E-state index in [2.05, 4.69) is 13.8 Å². The van der Waals surface area contributed by atoms with Crippen molar-refractivity contribution in [1.82, 2.24) is 0 Å². The predicted octanol–water partition coefficient (Wildman–Crippen LogP) is 10.3. The van der Waals surface area contributed by atoms with E-state index in [1.54, 1.807) is 0 Å². The third kappa shape index (κ3) is 22.5. The van der Waals surface area contributed by atoms with E-state index in [1.165, 1.54) is 116 Å². The van der Waals surface area contributed by atoms with Crippen LogP contribution in [0.25, 0.3) is 0 Å². The summed E-state index contributed by atoms with van der Waals surface area (Å²) < 4.78 is 5.85. The SMILES string of the molecule is CCCCCCCCCCCCCP(O)(O)(CCCCCCCCCCCCC)OC(C)C. The van der Waals surface area contributed by atoms with Gasteiger partial charge in [-0.15, -0.1) is 0 Å². The second kappa shape index (κ2) is 21.6. The van der Waals surface area contributed by atoms with Crippen LogP contribution in [0.15, 0.2) is 0 Å². The fourth-order valence-electron chi connectivity index (χ4n) is 4.89. The summed E-state index contributed by atoms with van der Waals surface area (Å²) in [5.41, 5.74) is 0. The Morgan fingerprint density at radius 3 is 0.939 bits per heavy atom. The van der Waals surface area contributed by atoms with Crippen LogP contribution in [0.5, 0.6) is 0 Å². The maximum atomic E-state index is 11.2. The summed E-state index contributed by atoms with van der Waals surface area (Å²) in [6, 6.07) is 0.